The van der Waals surface area contributed by atoms with Gasteiger partial charge in [-0.15, -0.1) is 0 Å². The van der Waals surface area contributed by atoms with Crippen molar-refractivity contribution in [2.45, 2.75) is 11.6 Å². The maximum atomic E-state index is 13.4. The Bertz CT molecular complexity index is 1380. The number of hydrogen-bond acceptors (Lipinski definition) is 5. The molecule has 5 rings (SSSR count). The van der Waals surface area contributed by atoms with Gasteiger partial charge >= 0.3 is 0 Å². The molecule has 0 spiro atoms. The second-order valence-corrected chi connectivity index (χ2v) is 8.38. The number of nitrogens with zero attached hydrogens (tertiary/aromatic N) is 3. The van der Waals surface area contributed by atoms with Gasteiger partial charge in [0.1, 0.15) is 5.75 Å². The Kier molecular flexibility index (Phi) is 5.41. The van der Waals surface area contributed by atoms with Crippen LogP contribution in [0.1, 0.15) is 5.56 Å². The summed E-state index contributed by atoms with van der Waals surface area (Å²) in [5.41, 5.74) is 3.15. The first-order chi connectivity index (χ1) is 15.7. The highest BCUT2D eigenvalue weighted by atomic mass is 32.2. The molecule has 7 heteroatoms. The summed E-state index contributed by atoms with van der Waals surface area (Å²) in [5.74, 6) is 0.733. The van der Waals surface area contributed by atoms with E-state index in [2.05, 4.69) is 6.07 Å². The molecule has 32 heavy (non-hydrogen) atoms. The monoisotopic (exact) mass is 443 g/mol. The molecular weight excluding hydrogens is 422 g/mol. The zero-order valence-corrected chi connectivity index (χ0v) is 18.3. The lowest BCUT2D eigenvalue weighted by Crippen LogP contribution is -2.31. The van der Waals surface area contributed by atoms with Crippen LogP contribution in [0.25, 0.3) is 16.6 Å². The fourth-order valence-electron chi connectivity index (χ4n) is 4.04. The second kappa shape index (κ2) is 8.51. The van der Waals surface area contributed by atoms with Crippen molar-refractivity contribution >= 4 is 34.3 Å². The van der Waals surface area contributed by atoms with Crippen LogP contribution in [-0.2, 0) is 11.2 Å². The van der Waals surface area contributed by atoms with Crippen LogP contribution in [0, 0.1) is 0 Å². The minimum absolute atomic E-state index is 0.00562. The average Bonchev–Trinajstić information content (AvgIpc) is 3.27. The van der Waals surface area contributed by atoms with E-state index in [1.807, 2.05) is 59.5 Å². The highest BCUT2D eigenvalue weighted by Crippen LogP contribution is 2.30. The highest BCUT2D eigenvalue weighted by molar-refractivity contribution is 7.99. The first kappa shape index (κ1) is 20.3. The van der Waals surface area contributed by atoms with Crippen molar-refractivity contribution in [2.24, 2.45) is 0 Å². The third-order valence-corrected chi connectivity index (χ3v) is 6.51. The SMILES string of the molecule is COc1ccccc1-n1c(SCC(=O)N2CCc3ccccc32)nc2ccccc2c1=O. The molecule has 6 nitrogen and oxygen atoms in total. The van der Waals surface area contributed by atoms with E-state index in [0.717, 1.165) is 12.1 Å². The number of methoxy groups -OCH3 is 1. The Morgan fingerprint density at radius 1 is 1.00 bits per heavy atom. The molecular formula is C25H21N3O3S. The van der Waals surface area contributed by atoms with Crippen molar-refractivity contribution in [3.8, 4) is 11.4 Å². The molecule has 1 aliphatic heterocycles. The van der Waals surface area contributed by atoms with E-state index in [0.29, 0.717) is 34.0 Å². The third-order valence-electron chi connectivity index (χ3n) is 5.58. The fourth-order valence-corrected chi connectivity index (χ4v) is 4.92. The van der Waals surface area contributed by atoms with Crippen LogP contribution in [0.3, 0.4) is 0 Å². The van der Waals surface area contributed by atoms with Gasteiger partial charge in [0.2, 0.25) is 5.91 Å². The summed E-state index contributed by atoms with van der Waals surface area (Å²) in [5, 5.41) is 0.974. The molecule has 0 atom stereocenters. The normalized spacial score (nSPS) is 12.7. The standard InChI is InChI=1S/C25H21N3O3S/c1-31-22-13-7-6-12-21(22)28-24(30)18-9-3-4-10-19(18)26-25(28)32-16-23(29)27-15-14-17-8-2-5-11-20(17)27/h2-13H,14-16H2,1H3. The Hall–Kier alpha value is -3.58. The van der Waals surface area contributed by atoms with Gasteiger partial charge < -0.3 is 9.64 Å². The lowest BCUT2D eigenvalue weighted by atomic mass is 10.2. The number of rotatable bonds is 5. The molecule has 0 saturated heterocycles. The summed E-state index contributed by atoms with van der Waals surface area (Å²) in [6.07, 6.45) is 0.854. The number of para-hydroxylation sites is 4. The predicted octanol–water partition coefficient (Wildman–Crippen LogP) is 4.08. The van der Waals surface area contributed by atoms with E-state index in [4.69, 9.17) is 9.72 Å². The summed E-state index contributed by atoms with van der Waals surface area (Å²) in [6.45, 7) is 0.670. The summed E-state index contributed by atoms with van der Waals surface area (Å²) in [6, 6.07) is 22.5. The molecule has 4 aromatic rings. The lowest BCUT2D eigenvalue weighted by molar-refractivity contribution is -0.116. The van der Waals surface area contributed by atoms with Crippen LogP contribution < -0.4 is 15.2 Å². The Morgan fingerprint density at radius 2 is 1.72 bits per heavy atom. The topological polar surface area (TPSA) is 64.4 Å². The minimum Gasteiger partial charge on any atom is -0.495 e. The smallest absolute Gasteiger partial charge is 0.266 e. The van der Waals surface area contributed by atoms with E-state index in [-0.39, 0.29) is 17.2 Å². The molecule has 0 bridgehead atoms. The van der Waals surface area contributed by atoms with E-state index < -0.39 is 0 Å². The van der Waals surface area contributed by atoms with Gasteiger partial charge in [0.05, 0.1) is 29.5 Å². The summed E-state index contributed by atoms with van der Waals surface area (Å²) in [7, 11) is 1.57. The number of amides is 1. The summed E-state index contributed by atoms with van der Waals surface area (Å²) >= 11 is 1.26. The van der Waals surface area contributed by atoms with E-state index in [1.54, 1.807) is 19.2 Å². The second-order valence-electron chi connectivity index (χ2n) is 7.44. The molecule has 2 heterocycles. The van der Waals surface area contributed by atoms with Gasteiger partial charge in [0, 0.05) is 12.2 Å². The highest BCUT2D eigenvalue weighted by Gasteiger charge is 2.25. The molecule has 0 unspecified atom stereocenters. The summed E-state index contributed by atoms with van der Waals surface area (Å²) < 4.78 is 7.03. The molecule has 0 saturated carbocycles. The van der Waals surface area contributed by atoms with E-state index in [1.165, 1.54) is 21.9 Å². The number of fused-ring (bicyclic) bond motifs is 2. The van der Waals surface area contributed by atoms with Crippen molar-refractivity contribution in [1.82, 2.24) is 9.55 Å². The van der Waals surface area contributed by atoms with Crippen LogP contribution in [0.4, 0.5) is 5.69 Å². The number of thioether (sulfide) groups is 1. The molecule has 1 aromatic heterocycles. The Morgan fingerprint density at radius 3 is 2.56 bits per heavy atom. The van der Waals surface area contributed by atoms with Gasteiger partial charge in [-0.2, -0.15) is 0 Å². The molecule has 0 aliphatic carbocycles. The third kappa shape index (κ3) is 3.54. The quantitative estimate of drug-likeness (QED) is 0.344. The lowest BCUT2D eigenvalue weighted by Gasteiger charge is -2.18. The number of hydrogen-bond donors (Lipinski definition) is 0. The maximum absolute atomic E-state index is 13.4. The zero-order chi connectivity index (χ0) is 22.1. The number of aromatic nitrogens is 2. The molecule has 0 N–H and O–H groups in total. The Labute approximate surface area is 189 Å². The van der Waals surface area contributed by atoms with Gasteiger partial charge in [0.25, 0.3) is 5.56 Å². The molecule has 0 fully saturated rings. The molecule has 1 amide bonds. The van der Waals surface area contributed by atoms with Gasteiger partial charge in [0.15, 0.2) is 5.16 Å². The van der Waals surface area contributed by atoms with Crippen molar-refractivity contribution in [3.63, 3.8) is 0 Å². The van der Waals surface area contributed by atoms with Crippen LogP contribution in [0.2, 0.25) is 0 Å². The number of benzene rings is 3. The van der Waals surface area contributed by atoms with Crippen molar-refractivity contribution in [1.29, 1.82) is 0 Å². The van der Waals surface area contributed by atoms with Crippen molar-refractivity contribution in [2.75, 3.05) is 24.3 Å². The van der Waals surface area contributed by atoms with Gasteiger partial charge in [-0.3, -0.25) is 14.2 Å². The fraction of sp³-hybridized carbons (Fsp3) is 0.160. The van der Waals surface area contributed by atoms with E-state index >= 15 is 0 Å². The van der Waals surface area contributed by atoms with Crippen LogP contribution in [0.15, 0.2) is 82.7 Å². The van der Waals surface area contributed by atoms with Gasteiger partial charge in [-0.05, 0) is 42.3 Å². The number of carbonyl (C=O) groups excluding carboxylic acids is 1. The first-order valence-electron chi connectivity index (χ1n) is 10.3. The first-order valence-corrected chi connectivity index (χ1v) is 11.3. The number of ether oxygens (including phenoxy) is 1. The largest absolute Gasteiger partial charge is 0.495 e. The maximum Gasteiger partial charge on any atom is 0.266 e. The summed E-state index contributed by atoms with van der Waals surface area (Å²) in [4.78, 5) is 33.1. The van der Waals surface area contributed by atoms with Crippen LogP contribution in [-0.4, -0.2) is 34.9 Å². The molecule has 1 aliphatic rings. The van der Waals surface area contributed by atoms with Gasteiger partial charge in [-0.1, -0.05) is 54.2 Å². The van der Waals surface area contributed by atoms with Crippen LogP contribution >= 0.6 is 11.8 Å². The van der Waals surface area contributed by atoms with Gasteiger partial charge in [-0.25, -0.2) is 4.98 Å². The molecule has 160 valence electrons. The van der Waals surface area contributed by atoms with Crippen molar-refractivity contribution < 1.29 is 9.53 Å². The van der Waals surface area contributed by atoms with E-state index in [9.17, 15) is 9.59 Å². The Balaban J connectivity index is 1.54. The van der Waals surface area contributed by atoms with Crippen molar-refractivity contribution in [3.05, 3.63) is 88.7 Å². The molecule has 0 radical (unpaired) electrons. The zero-order valence-electron chi connectivity index (χ0n) is 17.5. The minimum atomic E-state index is -0.193. The molecule has 3 aromatic carbocycles. The number of carbonyl (C=O) groups is 1. The van der Waals surface area contributed by atoms with Crippen LogP contribution in [0.5, 0.6) is 5.75 Å². The predicted molar refractivity (Wildman–Crippen MR) is 127 cm³/mol. The number of anilines is 1. The average molecular weight is 444 g/mol.